The number of anilines is 1. The summed E-state index contributed by atoms with van der Waals surface area (Å²) in [5.41, 5.74) is 0.727. The van der Waals surface area contributed by atoms with Gasteiger partial charge < -0.3 is 15.5 Å². The first-order valence-electron chi connectivity index (χ1n) is 10.5. The summed E-state index contributed by atoms with van der Waals surface area (Å²) in [6.45, 7) is 9.54. The van der Waals surface area contributed by atoms with Crippen molar-refractivity contribution in [2.75, 3.05) is 69.3 Å². The molecule has 1 aliphatic heterocycles. The van der Waals surface area contributed by atoms with E-state index < -0.39 is 0 Å². The molecule has 0 bridgehead atoms. The largest absolute Gasteiger partial charge is 0.367 e. The van der Waals surface area contributed by atoms with Crippen LogP contribution in [0.1, 0.15) is 26.2 Å². The number of nitrogens with zero attached hydrogens (tertiary/aromatic N) is 3. The van der Waals surface area contributed by atoms with Crippen molar-refractivity contribution in [3.8, 4) is 0 Å². The molecular formula is C21H37FIN5S. The molecule has 0 radical (unpaired) electrons. The van der Waals surface area contributed by atoms with Crippen molar-refractivity contribution in [3.05, 3.63) is 30.1 Å². The van der Waals surface area contributed by atoms with Crippen molar-refractivity contribution in [2.24, 2.45) is 4.99 Å². The summed E-state index contributed by atoms with van der Waals surface area (Å²) in [6, 6.07) is 7.06. The number of halogens is 2. The predicted octanol–water partition coefficient (Wildman–Crippen LogP) is 3.65. The number of nitrogens with one attached hydrogen (secondary N) is 2. The summed E-state index contributed by atoms with van der Waals surface area (Å²) in [6.07, 6.45) is 5.62. The van der Waals surface area contributed by atoms with Gasteiger partial charge in [-0.3, -0.25) is 9.89 Å². The highest BCUT2D eigenvalue weighted by atomic mass is 127. The fraction of sp³-hybridized carbons (Fsp3) is 0.667. The number of guanidine groups is 1. The van der Waals surface area contributed by atoms with E-state index in [2.05, 4.69) is 33.6 Å². The van der Waals surface area contributed by atoms with Crippen LogP contribution in [-0.4, -0.2) is 75.2 Å². The van der Waals surface area contributed by atoms with Crippen LogP contribution in [0.5, 0.6) is 0 Å². The normalized spacial score (nSPS) is 15.1. The number of hydrogen-bond acceptors (Lipinski definition) is 4. The second-order valence-corrected chi connectivity index (χ2v) is 8.01. The molecule has 29 heavy (non-hydrogen) atoms. The minimum absolute atomic E-state index is 0. The number of rotatable bonds is 11. The molecule has 0 atom stereocenters. The summed E-state index contributed by atoms with van der Waals surface area (Å²) < 4.78 is 13.9. The molecule has 1 heterocycles. The van der Waals surface area contributed by atoms with E-state index in [1.54, 1.807) is 12.1 Å². The Kier molecular flexibility index (Phi) is 14.5. The van der Waals surface area contributed by atoms with Gasteiger partial charge in [0.05, 0.1) is 5.69 Å². The third-order valence-corrected chi connectivity index (χ3v) is 5.58. The Morgan fingerprint density at radius 3 is 2.55 bits per heavy atom. The van der Waals surface area contributed by atoms with Gasteiger partial charge in [0.25, 0.3) is 0 Å². The number of para-hydroxylation sites is 1. The first-order chi connectivity index (χ1) is 13.7. The van der Waals surface area contributed by atoms with E-state index in [0.717, 1.165) is 70.4 Å². The van der Waals surface area contributed by atoms with Gasteiger partial charge >= 0.3 is 0 Å². The average Bonchev–Trinajstić information content (AvgIpc) is 2.72. The molecule has 1 aromatic rings. The molecule has 0 spiro atoms. The molecule has 2 rings (SSSR count). The molecule has 0 aliphatic carbocycles. The van der Waals surface area contributed by atoms with Crippen molar-refractivity contribution in [2.45, 2.75) is 26.2 Å². The molecule has 8 heteroatoms. The van der Waals surface area contributed by atoms with E-state index in [1.165, 1.54) is 18.6 Å². The van der Waals surface area contributed by atoms with Crippen molar-refractivity contribution in [1.82, 2.24) is 15.5 Å². The molecule has 1 fully saturated rings. The first-order valence-corrected chi connectivity index (χ1v) is 11.9. The second-order valence-electron chi connectivity index (χ2n) is 7.02. The molecule has 166 valence electrons. The smallest absolute Gasteiger partial charge is 0.191 e. The van der Waals surface area contributed by atoms with Crippen LogP contribution in [0.3, 0.4) is 0 Å². The first kappa shape index (κ1) is 26.3. The maximum Gasteiger partial charge on any atom is 0.191 e. The maximum absolute atomic E-state index is 13.9. The van der Waals surface area contributed by atoms with Gasteiger partial charge in [-0.2, -0.15) is 11.8 Å². The van der Waals surface area contributed by atoms with Crippen molar-refractivity contribution < 1.29 is 4.39 Å². The summed E-state index contributed by atoms with van der Waals surface area (Å²) in [5.74, 6) is 2.03. The minimum Gasteiger partial charge on any atom is -0.367 e. The number of benzene rings is 1. The van der Waals surface area contributed by atoms with Gasteiger partial charge in [0.2, 0.25) is 0 Å². The van der Waals surface area contributed by atoms with Crippen LogP contribution in [0.2, 0.25) is 0 Å². The lowest BCUT2D eigenvalue weighted by atomic mass is 10.2. The molecule has 0 unspecified atom stereocenters. The van der Waals surface area contributed by atoms with Gasteiger partial charge in [0.1, 0.15) is 5.82 Å². The Morgan fingerprint density at radius 1 is 1.10 bits per heavy atom. The number of thioether (sulfide) groups is 1. The second kappa shape index (κ2) is 16.0. The molecule has 2 N–H and O–H groups in total. The lowest BCUT2D eigenvalue weighted by Crippen LogP contribution is -2.47. The SMILES string of the molecule is CCNC(=NCCCN1CCN(c2ccccc2F)CC1)NCCCCSC.I. The molecule has 0 saturated carbocycles. The van der Waals surface area contributed by atoms with Gasteiger partial charge in [-0.05, 0) is 50.3 Å². The molecule has 0 amide bonds. The fourth-order valence-corrected chi connectivity index (χ4v) is 3.82. The predicted molar refractivity (Wildman–Crippen MR) is 137 cm³/mol. The fourth-order valence-electron chi connectivity index (χ4n) is 3.33. The zero-order valence-electron chi connectivity index (χ0n) is 17.8. The van der Waals surface area contributed by atoms with E-state index >= 15 is 0 Å². The summed E-state index contributed by atoms with van der Waals surface area (Å²) in [7, 11) is 0. The van der Waals surface area contributed by atoms with Gasteiger partial charge in [-0.25, -0.2) is 4.39 Å². The summed E-state index contributed by atoms with van der Waals surface area (Å²) in [5, 5.41) is 6.74. The molecule has 1 aromatic carbocycles. The van der Waals surface area contributed by atoms with Crippen LogP contribution in [0.25, 0.3) is 0 Å². The van der Waals surface area contributed by atoms with Crippen LogP contribution in [0, 0.1) is 5.82 Å². The Bertz CT molecular complexity index is 582. The van der Waals surface area contributed by atoms with Crippen LogP contribution in [0.4, 0.5) is 10.1 Å². The van der Waals surface area contributed by atoms with Gasteiger partial charge in [0, 0.05) is 52.4 Å². The lowest BCUT2D eigenvalue weighted by Gasteiger charge is -2.36. The van der Waals surface area contributed by atoms with E-state index in [1.807, 2.05) is 23.9 Å². The van der Waals surface area contributed by atoms with E-state index in [4.69, 9.17) is 4.99 Å². The number of aliphatic imine (C=N–C) groups is 1. The molecule has 5 nitrogen and oxygen atoms in total. The summed E-state index contributed by atoms with van der Waals surface area (Å²) >= 11 is 1.90. The van der Waals surface area contributed by atoms with Gasteiger partial charge in [0.15, 0.2) is 5.96 Å². The monoisotopic (exact) mass is 537 g/mol. The van der Waals surface area contributed by atoms with Crippen LogP contribution < -0.4 is 15.5 Å². The standard InChI is InChI=1S/C21H36FN5S.HI/c1-3-23-21(24-11-6-7-18-28-2)25-12-8-13-26-14-16-27(17-15-26)20-10-5-4-9-19(20)22;/h4-5,9-10H,3,6-8,11-18H2,1-2H3,(H2,23,24,25);1H. The third kappa shape index (κ3) is 10.2. The van der Waals surface area contributed by atoms with Crippen molar-refractivity contribution in [1.29, 1.82) is 0 Å². The maximum atomic E-state index is 13.9. The van der Waals surface area contributed by atoms with E-state index in [-0.39, 0.29) is 29.8 Å². The van der Waals surface area contributed by atoms with Crippen LogP contribution in [-0.2, 0) is 0 Å². The Morgan fingerprint density at radius 2 is 1.86 bits per heavy atom. The third-order valence-electron chi connectivity index (χ3n) is 4.88. The highest BCUT2D eigenvalue weighted by molar-refractivity contribution is 14.0. The number of piperazine rings is 1. The molecule has 1 saturated heterocycles. The van der Waals surface area contributed by atoms with E-state index in [0.29, 0.717) is 0 Å². The Balaban J connectivity index is 0.00000420. The lowest BCUT2D eigenvalue weighted by molar-refractivity contribution is 0.256. The van der Waals surface area contributed by atoms with Crippen LogP contribution >= 0.6 is 35.7 Å². The summed E-state index contributed by atoms with van der Waals surface area (Å²) in [4.78, 5) is 9.29. The minimum atomic E-state index is -0.123. The zero-order chi connectivity index (χ0) is 20.0. The quantitative estimate of drug-likeness (QED) is 0.195. The Labute approximate surface area is 197 Å². The van der Waals surface area contributed by atoms with Gasteiger partial charge in [-0.1, -0.05) is 12.1 Å². The highest BCUT2D eigenvalue weighted by Crippen LogP contribution is 2.20. The van der Waals surface area contributed by atoms with Crippen LogP contribution in [0.15, 0.2) is 29.3 Å². The Hall–Kier alpha value is -0.740. The molecule has 0 aromatic heterocycles. The zero-order valence-corrected chi connectivity index (χ0v) is 21.0. The van der Waals surface area contributed by atoms with Crippen molar-refractivity contribution in [3.63, 3.8) is 0 Å². The molecule has 1 aliphatic rings. The van der Waals surface area contributed by atoms with Gasteiger partial charge in [-0.15, -0.1) is 24.0 Å². The highest BCUT2D eigenvalue weighted by Gasteiger charge is 2.18. The number of unbranched alkanes of at least 4 members (excludes halogenated alkanes) is 1. The number of hydrogen-bond donors (Lipinski definition) is 2. The van der Waals surface area contributed by atoms with E-state index in [9.17, 15) is 4.39 Å². The van der Waals surface area contributed by atoms with Crippen molar-refractivity contribution >= 4 is 47.4 Å². The topological polar surface area (TPSA) is 42.9 Å². The molecular weight excluding hydrogens is 500 g/mol. The average molecular weight is 538 g/mol.